The number of hydrogen-bond acceptors (Lipinski definition) is 3. The van der Waals surface area contributed by atoms with Gasteiger partial charge in [0, 0.05) is 25.6 Å². The number of piperidine rings is 1. The average Bonchev–Trinajstić information content (AvgIpc) is 3.13. The van der Waals surface area contributed by atoms with Crippen LogP contribution in [0.5, 0.6) is 0 Å². The Labute approximate surface area is 145 Å². The van der Waals surface area contributed by atoms with Crippen LogP contribution in [0.2, 0.25) is 0 Å². The van der Waals surface area contributed by atoms with Crippen LogP contribution < -0.4 is 0 Å². The molecular formula is C18H22F2N4O. The molecule has 1 aromatic heterocycles. The third-order valence-electron chi connectivity index (χ3n) is 4.73. The fraction of sp³-hybridized carbons (Fsp3) is 0.500. The van der Waals surface area contributed by atoms with Crippen LogP contribution in [0.15, 0.2) is 30.9 Å². The third-order valence-corrected chi connectivity index (χ3v) is 4.73. The average molecular weight is 348 g/mol. The molecule has 5 nitrogen and oxygen atoms in total. The molecular weight excluding hydrogens is 326 g/mol. The molecule has 7 heteroatoms. The van der Waals surface area contributed by atoms with Gasteiger partial charge in [0.05, 0.1) is 6.54 Å². The Kier molecular flexibility index (Phi) is 5.73. The normalized spacial score (nSPS) is 17.7. The van der Waals surface area contributed by atoms with Crippen LogP contribution in [0.25, 0.3) is 0 Å². The van der Waals surface area contributed by atoms with E-state index in [1.54, 1.807) is 11.0 Å². The van der Waals surface area contributed by atoms with Crippen molar-refractivity contribution in [1.29, 1.82) is 0 Å². The van der Waals surface area contributed by atoms with E-state index in [-0.39, 0.29) is 5.91 Å². The summed E-state index contributed by atoms with van der Waals surface area (Å²) in [5.41, 5.74) is 0.538. The first kappa shape index (κ1) is 17.5. The summed E-state index contributed by atoms with van der Waals surface area (Å²) in [6.45, 7) is 2.01. The van der Waals surface area contributed by atoms with E-state index in [2.05, 4.69) is 10.1 Å². The number of carbonyl (C=O) groups excluding carboxylic acids is 1. The fourth-order valence-electron chi connectivity index (χ4n) is 3.33. The number of likely N-dealkylation sites (tertiary alicyclic amines) is 1. The Morgan fingerprint density at radius 3 is 2.96 bits per heavy atom. The molecule has 0 radical (unpaired) electrons. The summed E-state index contributed by atoms with van der Waals surface area (Å²) in [7, 11) is 0. The summed E-state index contributed by atoms with van der Waals surface area (Å²) in [5.74, 6) is -0.568. The Morgan fingerprint density at radius 2 is 2.20 bits per heavy atom. The van der Waals surface area contributed by atoms with Gasteiger partial charge >= 0.3 is 0 Å². The van der Waals surface area contributed by atoms with Crippen molar-refractivity contribution in [3.63, 3.8) is 0 Å². The van der Waals surface area contributed by atoms with Crippen LogP contribution >= 0.6 is 0 Å². The predicted molar refractivity (Wildman–Crippen MR) is 88.6 cm³/mol. The van der Waals surface area contributed by atoms with E-state index in [0.29, 0.717) is 37.4 Å². The predicted octanol–water partition coefficient (Wildman–Crippen LogP) is 2.82. The lowest BCUT2D eigenvalue weighted by atomic mass is 9.91. The van der Waals surface area contributed by atoms with Gasteiger partial charge in [-0.1, -0.05) is 6.07 Å². The van der Waals surface area contributed by atoms with Crippen LogP contribution in [0.1, 0.15) is 31.2 Å². The molecule has 25 heavy (non-hydrogen) atoms. The van der Waals surface area contributed by atoms with Crippen molar-refractivity contribution in [2.24, 2.45) is 5.92 Å². The molecule has 2 aromatic rings. The summed E-state index contributed by atoms with van der Waals surface area (Å²) in [6, 6.07) is 3.73. The number of amides is 1. The van der Waals surface area contributed by atoms with Gasteiger partial charge in [-0.15, -0.1) is 0 Å². The number of halogens is 2. The minimum Gasteiger partial charge on any atom is -0.342 e. The minimum atomic E-state index is -0.553. The Hall–Kier alpha value is -2.31. The number of aromatic nitrogens is 3. The van der Waals surface area contributed by atoms with Crippen molar-refractivity contribution in [2.75, 3.05) is 13.1 Å². The maximum atomic E-state index is 13.7. The van der Waals surface area contributed by atoms with E-state index in [0.717, 1.165) is 31.9 Å². The molecule has 1 fully saturated rings. The minimum absolute atomic E-state index is 0.119. The van der Waals surface area contributed by atoms with Crippen molar-refractivity contribution in [1.82, 2.24) is 19.7 Å². The van der Waals surface area contributed by atoms with E-state index in [1.165, 1.54) is 18.5 Å². The smallest absolute Gasteiger partial charge is 0.224 e. The summed E-state index contributed by atoms with van der Waals surface area (Å²) in [4.78, 5) is 18.1. The van der Waals surface area contributed by atoms with Crippen molar-refractivity contribution < 1.29 is 13.6 Å². The number of benzene rings is 1. The molecule has 0 saturated carbocycles. The van der Waals surface area contributed by atoms with Gasteiger partial charge in [0.2, 0.25) is 5.91 Å². The molecule has 0 N–H and O–H groups in total. The van der Waals surface area contributed by atoms with Gasteiger partial charge in [-0.25, -0.2) is 13.8 Å². The zero-order valence-corrected chi connectivity index (χ0v) is 14.1. The molecule has 1 aliphatic rings. The second-order valence-corrected chi connectivity index (χ2v) is 6.53. The maximum Gasteiger partial charge on any atom is 0.224 e. The summed E-state index contributed by atoms with van der Waals surface area (Å²) >= 11 is 0. The third kappa shape index (κ3) is 4.84. The Balaban J connectivity index is 1.48. The molecule has 1 saturated heterocycles. The molecule has 0 aliphatic carbocycles. The highest BCUT2D eigenvalue weighted by Crippen LogP contribution is 2.23. The molecule has 1 aliphatic heterocycles. The first-order valence-electron chi connectivity index (χ1n) is 8.66. The maximum absolute atomic E-state index is 13.7. The van der Waals surface area contributed by atoms with E-state index in [4.69, 9.17) is 0 Å². The first-order valence-corrected chi connectivity index (χ1v) is 8.66. The molecule has 1 atom stereocenters. The van der Waals surface area contributed by atoms with E-state index in [9.17, 15) is 13.6 Å². The second kappa shape index (κ2) is 8.18. The van der Waals surface area contributed by atoms with Gasteiger partial charge in [0.25, 0.3) is 0 Å². The van der Waals surface area contributed by atoms with Gasteiger partial charge in [-0.2, -0.15) is 5.10 Å². The molecule has 1 amide bonds. The highest BCUT2D eigenvalue weighted by molar-refractivity contribution is 5.76. The van der Waals surface area contributed by atoms with E-state index >= 15 is 0 Å². The number of rotatable bonds is 6. The highest BCUT2D eigenvalue weighted by Gasteiger charge is 2.23. The molecule has 1 aromatic carbocycles. The van der Waals surface area contributed by atoms with E-state index < -0.39 is 11.6 Å². The summed E-state index contributed by atoms with van der Waals surface area (Å²) < 4.78 is 28.3. The van der Waals surface area contributed by atoms with Crippen LogP contribution in [0.4, 0.5) is 8.78 Å². The van der Waals surface area contributed by atoms with Crippen LogP contribution in [-0.2, 0) is 17.8 Å². The molecule has 0 spiro atoms. The summed E-state index contributed by atoms with van der Waals surface area (Å²) in [5, 5.41) is 4.00. The van der Waals surface area contributed by atoms with Crippen molar-refractivity contribution in [3.8, 4) is 0 Å². The molecule has 2 heterocycles. The van der Waals surface area contributed by atoms with Gasteiger partial charge in [0.1, 0.15) is 24.3 Å². The zero-order chi connectivity index (χ0) is 17.6. The zero-order valence-electron chi connectivity index (χ0n) is 14.1. The lowest BCUT2D eigenvalue weighted by Crippen LogP contribution is -2.40. The first-order chi connectivity index (χ1) is 12.1. The molecule has 0 bridgehead atoms. The topological polar surface area (TPSA) is 51.0 Å². The van der Waals surface area contributed by atoms with Gasteiger partial charge in [-0.05, 0) is 43.2 Å². The highest BCUT2D eigenvalue weighted by atomic mass is 19.1. The second-order valence-electron chi connectivity index (χ2n) is 6.53. The molecule has 3 rings (SSSR count). The Morgan fingerprint density at radius 1 is 1.32 bits per heavy atom. The lowest BCUT2D eigenvalue weighted by Gasteiger charge is -2.33. The standard InChI is InChI=1S/C18H22F2N4O/c19-16-6-5-15(17(20)10-16)4-3-14-2-1-8-23(11-14)18(25)7-9-24-13-21-12-22-24/h5-6,10,12-14H,1-4,7-9,11H2/t14-/m1/s1. The van der Waals surface area contributed by atoms with Crippen molar-refractivity contribution in [2.45, 2.75) is 38.6 Å². The van der Waals surface area contributed by atoms with Crippen LogP contribution in [-0.4, -0.2) is 38.7 Å². The van der Waals surface area contributed by atoms with Crippen molar-refractivity contribution >= 4 is 5.91 Å². The van der Waals surface area contributed by atoms with Crippen LogP contribution in [0, 0.1) is 17.6 Å². The Bertz CT molecular complexity index is 705. The van der Waals surface area contributed by atoms with Crippen molar-refractivity contribution in [3.05, 3.63) is 48.1 Å². The monoisotopic (exact) mass is 348 g/mol. The number of carbonyl (C=O) groups is 1. The van der Waals surface area contributed by atoms with Gasteiger partial charge < -0.3 is 4.90 Å². The molecule has 134 valence electrons. The van der Waals surface area contributed by atoms with Crippen LogP contribution in [0.3, 0.4) is 0 Å². The SMILES string of the molecule is O=C(CCn1cncn1)N1CCC[C@H](CCc2ccc(F)cc2F)C1. The fourth-order valence-corrected chi connectivity index (χ4v) is 3.33. The summed E-state index contributed by atoms with van der Waals surface area (Å²) in [6.07, 6.45) is 6.83. The largest absolute Gasteiger partial charge is 0.342 e. The molecule has 0 unspecified atom stereocenters. The lowest BCUT2D eigenvalue weighted by molar-refractivity contribution is -0.133. The van der Waals surface area contributed by atoms with E-state index in [1.807, 2.05) is 4.90 Å². The van der Waals surface area contributed by atoms with Gasteiger partial charge in [0.15, 0.2) is 0 Å². The number of hydrogen-bond donors (Lipinski definition) is 0. The quantitative estimate of drug-likeness (QED) is 0.807. The van der Waals surface area contributed by atoms with Gasteiger partial charge in [-0.3, -0.25) is 9.48 Å². The number of nitrogens with zero attached hydrogens (tertiary/aromatic N) is 4. The number of aryl methyl sites for hydroxylation is 2.